The molecule has 0 radical (unpaired) electrons. The fourth-order valence-electron chi connectivity index (χ4n) is 1.51. The average Bonchev–Trinajstić information content (AvgIpc) is 2.57. The fourth-order valence-corrected chi connectivity index (χ4v) is 2.02. The molecule has 8 heteroatoms. The van der Waals surface area contributed by atoms with Crippen LogP contribution in [0, 0.1) is 0 Å². The summed E-state index contributed by atoms with van der Waals surface area (Å²) in [6.07, 6.45) is -0.136. The number of benzene rings is 1. The van der Waals surface area contributed by atoms with Crippen LogP contribution in [0.4, 0.5) is 4.79 Å². The molecule has 0 aromatic heterocycles. The molecule has 0 heterocycles. The molecule has 0 fully saturated rings. The van der Waals surface area contributed by atoms with E-state index in [1.807, 2.05) is 18.2 Å². The van der Waals surface area contributed by atoms with Crippen molar-refractivity contribution in [1.29, 1.82) is 0 Å². The van der Waals surface area contributed by atoms with E-state index in [0.717, 1.165) is 5.56 Å². The monoisotopic (exact) mass is 340 g/mol. The Bertz CT molecular complexity index is 573. The topological polar surface area (TPSA) is 102 Å². The summed E-state index contributed by atoms with van der Waals surface area (Å²) in [6.45, 7) is 1.80. The lowest BCUT2D eigenvalue weighted by Crippen LogP contribution is -2.29. The van der Waals surface area contributed by atoms with E-state index in [0.29, 0.717) is 0 Å². The molecule has 1 aromatic rings. The first kappa shape index (κ1) is 18.8. The summed E-state index contributed by atoms with van der Waals surface area (Å²) in [5.41, 5.74) is 0.634. The average molecular weight is 340 g/mol. The second-order valence-electron chi connectivity index (χ2n) is 4.33. The van der Waals surface area contributed by atoms with Crippen LogP contribution in [0.15, 0.2) is 42.1 Å². The molecule has 0 saturated heterocycles. The molecule has 2 N–H and O–H groups in total. The number of aliphatic hydroxyl groups excluding tert-OH is 1. The third kappa shape index (κ3) is 7.54. The molecule has 7 nitrogen and oxygen atoms in total. The van der Waals surface area contributed by atoms with Crippen molar-refractivity contribution in [3.63, 3.8) is 0 Å². The highest BCUT2D eigenvalue weighted by atomic mass is 31.1. The number of aliphatic hydroxyl groups is 1. The predicted octanol–water partition coefficient (Wildman–Crippen LogP) is 2.14. The number of amides is 1. The van der Waals surface area contributed by atoms with Gasteiger partial charge in [0.25, 0.3) is 0 Å². The summed E-state index contributed by atoms with van der Waals surface area (Å²) < 4.78 is 21.0. The van der Waals surface area contributed by atoms with E-state index in [-0.39, 0.29) is 25.1 Å². The molecule has 0 aliphatic heterocycles. The summed E-state index contributed by atoms with van der Waals surface area (Å²) >= 11 is 0. The molecule has 23 heavy (non-hydrogen) atoms. The molecule has 1 amide bonds. The Balaban J connectivity index is 2.62. The van der Waals surface area contributed by atoms with Gasteiger partial charge in [0.05, 0.1) is 6.61 Å². The summed E-state index contributed by atoms with van der Waals surface area (Å²) in [5.74, 6) is -0.759. The number of carbonyl (C=O) groups excluding carboxylic acids is 2. The van der Waals surface area contributed by atoms with Crippen LogP contribution < -0.4 is 5.32 Å². The Morgan fingerprint density at radius 1 is 1.26 bits per heavy atom. The highest BCUT2D eigenvalue weighted by Gasteiger charge is 2.18. The van der Waals surface area contributed by atoms with E-state index in [4.69, 9.17) is 14.6 Å². The molecule has 0 aliphatic carbocycles. The third-order valence-corrected chi connectivity index (χ3v) is 3.51. The normalized spacial score (nSPS) is 11.6. The Kier molecular flexibility index (Phi) is 8.57. The van der Waals surface area contributed by atoms with E-state index < -0.39 is 26.2 Å². The minimum absolute atomic E-state index is 0.0493. The van der Waals surface area contributed by atoms with Crippen LogP contribution in [0.2, 0.25) is 0 Å². The molecule has 124 valence electrons. The highest BCUT2D eigenvalue weighted by Crippen LogP contribution is 2.18. The maximum absolute atomic E-state index is 11.7. The minimum atomic E-state index is -1.88. The number of nitrogens with one attached hydrogen (secondary N) is 1. The molecule has 1 aromatic carbocycles. The first-order valence-corrected chi connectivity index (χ1v) is 8.57. The number of hydrogen-bond donors (Lipinski definition) is 2. The van der Waals surface area contributed by atoms with E-state index >= 15 is 0 Å². The molecule has 0 spiro atoms. The number of rotatable bonds is 8. The Hall–Kier alpha value is -2.24. The quantitative estimate of drug-likeness (QED) is 0.427. The van der Waals surface area contributed by atoms with Gasteiger partial charge in [-0.1, -0.05) is 34.9 Å². The number of allylic oxidation sites excluding steroid dienone is 1. The zero-order valence-electron chi connectivity index (χ0n) is 12.7. The van der Waals surface area contributed by atoms with Gasteiger partial charge in [-0.25, -0.2) is 9.59 Å². The highest BCUT2D eigenvalue weighted by molar-refractivity contribution is 7.44. The number of esters is 1. The number of alkyl carbamates (subject to hydrolysis) is 1. The van der Waals surface area contributed by atoms with Gasteiger partial charge in [-0.15, -0.1) is 0 Å². The minimum Gasteiger partial charge on any atom is -0.461 e. The van der Waals surface area contributed by atoms with Crippen LogP contribution in [-0.4, -0.2) is 36.3 Å². The fraction of sp³-hybridized carbons (Fsp3) is 0.333. The van der Waals surface area contributed by atoms with Crippen LogP contribution in [0.25, 0.3) is 0 Å². The maximum Gasteiger partial charge on any atom is 0.412 e. The second kappa shape index (κ2) is 10.5. The van der Waals surface area contributed by atoms with Gasteiger partial charge in [0.1, 0.15) is 12.3 Å². The Labute approximate surface area is 135 Å². The lowest BCUT2D eigenvalue weighted by Gasteiger charge is -2.09. The molecule has 0 aliphatic rings. The maximum atomic E-state index is 11.7. The zero-order chi connectivity index (χ0) is 17.1. The van der Waals surface area contributed by atoms with Gasteiger partial charge in [-0.3, -0.25) is 5.32 Å². The number of hydrogen-bond acceptors (Lipinski definition) is 6. The van der Waals surface area contributed by atoms with Gasteiger partial charge in [0, 0.05) is 0 Å². The molecular formula is C15H19NO6P+. The van der Waals surface area contributed by atoms with Crippen molar-refractivity contribution in [2.75, 3.05) is 19.1 Å². The van der Waals surface area contributed by atoms with Crippen molar-refractivity contribution >= 4 is 19.9 Å². The van der Waals surface area contributed by atoms with Crippen LogP contribution in [0.3, 0.4) is 0 Å². The number of carbonyl (C=O) groups is 2. The number of ether oxygens (including phenoxy) is 2. The molecule has 1 atom stereocenters. The van der Waals surface area contributed by atoms with Crippen molar-refractivity contribution in [3.05, 3.63) is 47.7 Å². The molecule has 1 rings (SSSR count). The van der Waals surface area contributed by atoms with Gasteiger partial charge in [0.2, 0.25) is 6.35 Å². The Morgan fingerprint density at radius 2 is 1.96 bits per heavy atom. The SMILES string of the molecule is CCOC(=O)C(=CC[P+](=O)CO)NC(=O)OCc1ccccc1. The van der Waals surface area contributed by atoms with Gasteiger partial charge in [-0.05, 0) is 18.6 Å². The first-order valence-electron chi connectivity index (χ1n) is 6.94. The zero-order valence-corrected chi connectivity index (χ0v) is 13.6. The van der Waals surface area contributed by atoms with E-state index in [2.05, 4.69) is 5.32 Å². The summed E-state index contributed by atoms with van der Waals surface area (Å²) in [6, 6.07) is 9.05. The van der Waals surface area contributed by atoms with Crippen molar-refractivity contribution in [3.8, 4) is 0 Å². The summed E-state index contributed by atoms with van der Waals surface area (Å²) in [4.78, 5) is 23.5. The van der Waals surface area contributed by atoms with Crippen molar-refractivity contribution < 1.29 is 28.7 Å². The molecule has 0 bridgehead atoms. The molecular weight excluding hydrogens is 321 g/mol. The van der Waals surface area contributed by atoms with Crippen LogP contribution in [0.1, 0.15) is 12.5 Å². The van der Waals surface area contributed by atoms with Crippen LogP contribution in [-0.2, 0) is 25.4 Å². The third-order valence-electron chi connectivity index (χ3n) is 2.60. The van der Waals surface area contributed by atoms with Crippen molar-refractivity contribution in [2.45, 2.75) is 13.5 Å². The second-order valence-corrected chi connectivity index (χ2v) is 5.94. The summed E-state index contributed by atoms with van der Waals surface area (Å²) in [5, 5.41) is 11.0. The van der Waals surface area contributed by atoms with Crippen LogP contribution >= 0.6 is 7.80 Å². The predicted molar refractivity (Wildman–Crippen MR) is 84.0 cm³/mol. The smallest absolute Gasteiger partial charge is 0.412 e. The van der Waals surface area contributed by atoms with Gasteiger partial charge in [0.15, 0.2) is 6.16 Å². The van der Waals surface area contributed by atoms with E-state index in [1.165, 1.54) is 6.08 Å². The standard InChI is InChI=1S/C15H18NO6P/c1-2-21-14(18)13(8-9-23(20)11-17)16-15(19)22-10-12-6-4-3-5-7-12/h3-8,17H,2,9-11H2,1H3/p+1. The summed E-state index contributed by atoms with van der Waals surface area (Å²) in [7, 11) is -1.88. The van der Waals surface area contributed by atoms with E-state index in [9.17, 15) is 14.2 Å². The Morgan fingerprint density at radius 3 is 2.57 bits per heavy atom. The largest absolute Gasteiger partial charge is 0.461 e. The van der Waals surface area contributed by atoms with Crippen molar-refractivity contribution in [2.24, 2.45) is 0 Å². The van der Waals surface area contributed by atoms with Crippen LogP contribution in [0.5, 0.6) is 0 Å². The molecule has 0 saturated carbocycles. The van der Waals surface area contributed by atoms with Gasteiger partial charge in [-0.2, -0.15) is 0 Å². The molecule has 1 unspecified atom stereocenters. The van der Waals surface area contributed by atoms with E-state index in [1.54, 1.807) is 19.1 Å². The van der Waals surface area contributed by atoms with Crippen molar-refractivity contribution in [1.82, 2.24) is 5.32 Å². The van der Waals surface area contributed by atoms with Gasteiger partial charge < -0.3 is 14.6 Å². The van der Waals surface area contributed by atoms with Gasteiger partial charge >= 0.3 is 19.9 Å². The lowest BCUT2D eigenvalue weighted by atomic mass is 10.2. The first-order chi connectivity index (χ1) is 11.1. The lowest BCUT2D eigenvalue weighted by molar-refractivity contribution is -0.138.